The molecule has 1 rings (SSSR count). The number of hydrogen-bond acceptors (Lipinski definition) is 1. The van der Waals surface area contributed by atoms with E-state index >= 15 is 0 Å². The highest BCUT2D eigenvalue weighted by Crippen LogP contribution is 2.33. The minimum absolute atomic E-state index is 0.290. The van der Waals surface area contributed by atoms with E-state index in [9.17, 15) is 5.11 Å². The van der Waals surface area contributed by atoms with Crippen LogP contribution in [0.3, 0.4) is 0 Å². The third-order valence-corrected chi connectivity index (χ3v) is 3.49. The number of rotatable bonds is 4. The predicted octanol–water partition coefficient (Wildman–Crippen LogP) is 3.95. The zero-order valence-corrected chi connectivity index (χ0v) is 11.2. The van der Waals surface area contributed by atoms with Gasteiger partial charge in [0.05, 0.1) is 5.60 Å². The minimum Gasteiger partial charge on any atom is -0.385 e. The smallest absolute Gasteiger partial charge is 0.0894 e. The maximum atomic E-state index is 10.6. The van der Waals surface area contributed by atoms with E-state index in [1.165, 1.54) is 11.1 Å². The van der Waals surface area contributed by atoms with Crippen LogP contribution < -0.4 is 0 Å². The van der Waals surface area contributed by atoms with Gasteiger partial charge in [0.2, 0.25) is 0 Å². The summed E-state index contributed by atoms with van der Waals surface area (Å²) in [6, 6.07) is 6.34. The monoisotopic (exact) mass is 220 g/mol. The van der Waals surface area contributed by atoms with Crippen LogP contribution in [0.1, 0.15) is 50.3 Å². The van der Waals surface area contributed by atoms with Crippen molar-refractivity contribution in [2.45, 2.75) is 53.1 Å². The normalized spacial score (nSPS) is 16.9. The molecule has 0 radical (unpaired) electrons. The Hall–Kier alpha value is -0.820. The van der Waals surface area contributed by atoms with Crippen LogP contribution in [0, 0.1) is 19.8 Å². The molecule has 0 aliphatic rings. The molecule has 16 heavy (non-hydrogen) atoms. The van der Waals surface area contributed by atoms with Crippen molar-refractivity contribution in [3.8, 4) is 0 Å². The summed E-state index contributed by atoms with van der Waals surface area (Å²) < 4.78 is 0. The van der Waals surface area contributed by atoms with Gasteiger partial charge in [0.15, 0.2) is 0 Å². The Kier molecular flexibility index (Phi) is 4.15. The van der Waals surface area contributed by atoms with Crippen molar-refractivity contribution in [2.75, 3.05) is 0 Å². The van der Waals surface area contributed by atoms with Gasteiger partial charge in [0, 0.05) is 0 Å². The van der Waals surface area contributed by atoms with Crippen LogP contribution in [0.5, 0.6) is 0 Å². The molecular weight excluding hydrogens is 196 g/mol. The van der Waals surface area contributed by atoms with Gasteiger partial charge in [-0.25, -0.2) is 0 Å². The minimum atomic E-state index is -0.715. The maximum Gasteiger partial charge on any atom is 0.0894 e. The second-order valence-electron chi connectivity index (χ2n) is 5.21. The van der Waals surface area contributed by atoms with Crippen molar-refractivity contribution in [3.05, 3.63) is 34.9 Å². The SMILES string of the molecule is CCCC(C)C(C)(O)c1cc(C)cc(C)c1. The molecule has 0 saturated heterocycles. The molecule has 0 saturated carbocycles. The molecule has 2 atom stereocenters. The highest BCUT2D eigenvalue weighted by Gasteiger charge is 2.29. The summed E-state index contributed by atoms with van der Waals surface area (Å²) in [4.78, 5) is 0. The van der Waals surface area contributed by atoms with Crippen molar-refractivity contribution in [2.24, 2.45) is 5.92 Å². The molecule has 0 amide bonds. The Morgan fingerprint density at radius 3 is 2.12 bits per heavy atom. The molecule has 1 heteroatoms. The van der Waals surface area contributed by atoms with Crippen LogP contribution in [0.15, 0.2) is 18.2 Å². The van der Waals surface area contributed by atoms with Crippen molar-refractivity contribution in [1.29, 1.82) is 0 Å². The third kappa shape index (κ3) is 2.85. The molecule has 2 unspecified atom stereocenters. The van der Waals surface area contributed by atoms with Gasteiger partial charge in [-0.15, -0.1) is 0 Å². The molecule has 0 heterocycles. The van der Waals surface area contributed by atoms with E-state index in [0.29, 0.717) is 5.92 Å². The number of hydrogen-bond donors (Lipinski definition) is 1. The van der Waals surface area contributed by atoms with Gasteiger partial charge >= 0.3 is 0 Å². The first-order chi connectivity index (χ1) is 7.37. The molecule has 0 bridgehead atoms. The lowest BCUT2D eigenvalue weighted by atomic mass is 9.80. The first-order valence-electron chi connectivity index (χ1n) is 6.19. The molecule has 0 fully saturated rings. The van der Waals surface area contributed by atoms with Crippen molar-refractivity contribution in [1.82, 2.24) is 0 Å². The lowest BCUT2D eigenvalue weighted by Gasteiger charge is -2.31. The zero-order chi connectivity index (χ0) is 12.3. The summed E-state index contributed by atoms with van der Waals surface area (Å²) in [5, 5.41) is 10.6. The second-order valence-corrected chi connectivity index (χ2v) is 5.21. The molecule has 1 nitrogen and oxygen atoms in total. The third-order valence-electron chi connectivity index (χ3n) is 3.49. The topological polar surface area (TPSA) is 20.2 Å². The molecule has 90 valence electrons. The van der Waals surface area contributed by atoms with Gasteiger partial charge in [-0.3, -0.25) is 0 Å². The molecule has 1 aromatic rings. The Bertz CT molecular complexity index is 332. The molecule has 0 aromatic heterocycles. The van der Waals surface area contributed by atoms with Gasteiger partial charge in [-0.05, 0) is 38.7 Å². The van der Waals surface area contributed by atoms with Crippen LogP contribution in [0.25, 0.3) is 0 Å². The number of aryl methyl sites for hydroxylation is 2. The largest absolute Gasteiger partial charge is 0.385 e. The summed E-state index contributed by atoms with van der Waals surface area (Å²) in [5.74, 6) is 0.290. The first-order valence-corrected chi connectivity index (χ1v) is 6.19. The Labute approximate surface area is 99.5 Å². The average Bonchev–Trinajstić information content (AvgIpc) is 2.16. The molecular formula is C15H24O. The van der Waals surface area contributed by atoms with Crippen LogP contribution in [-0.2, 0) is 5.60 Å². The summed E-state index contributed by atoms with van der Waals surface area (Å²) >= 11 is 0. The molecule has 0 spiro atoms. The summed E-state index contributed by atoms with van der Waals surface area (Å²) in [6.07, 6.45) is 2.17. The van der Waals surface area contributed by atoms with Gasteiger partial charge in [-0.2, -0.15) is 0 Å². The quantitative estimate of drug-likeness (QED) is 0.814. The lowest BCUT2D eigenvalue weighted by Crippen LogP contribution is -2.30. The van der Waals surface area contributed by atoms with E-state index in [4.69, 9.17) is 0 Å². The Morgan fingerprint density at radius 1 is 1.19 bits per heavy atom. The van der Waals surface area contributed by atoms with E-state index in [2.05, 4.69) is 45.9 Å². The van der Waals surface area contributed by atoms with E-state index < -0.39 is 5.60 Å². The summed E-state index contributed by atoms with van der Waals surface area (Å²) in [6.45, 7) is 10.4. The molecule has 1 N–H and O–H groups in total. The van der Waals surface area contributed by atoms with Gasteiger partial charge in [0.25, 0.3) is 0 Å². The van der Waals surface area contributed by atoms with Crippen LogP contribution >= 0.6 is 0 Å². The van der Waals surface area contributed by atoms with Crippen LogP contribution in [0.4, 0.5) is 0 Å². The summed E-state index contributed by atoms with van der Waals surface area (Å²) in [7, 11) is 0. The zero-order valence-electron chi connectivity index (χ0n) is 11.2. The van der Waals surface area contributed by atoms with Crippen LogP contribution in [-0.4, -0.2) is 5.11 Å². The fourth-order valence-electron chi connectivity index (χ4n) is 2.27. The fraction of sp³-hybridized carbons (Fsp3) is 0.600. The molecule has 1 aromatic carbocycles. The first kappa shape index (κ1) is 13.2. The highest BCUT2D eigenvalue weighted by molar-refractivity contribution is 5.32. The predicted molar refractivity (Wildman–Crippen MR) is 69.6 cm³/mol. The molecule has 0 aliphatic carbocycles. The molecule has 0 aliphatic heterocycles. The number of aliphatic hydroxyl groups is 1. The van der Waals surface area contributed by atoms with Crippen molar-refractivity contribution in [3.63, 3.8) is 0 Å². The van der Waals surface area contributed by atoms with E-state index in [-0.39, 0.29) is 0 Å². The lowest BCUT2D eigenvalue weighted by molar-refractivity contribution is -0.00229. The Morgan fingerprint density at radius 2 is 1.69 bits per heavy atom. The van der Waals surface area contributed by atoms with E-state index in [1.807, 2.05) is 6.92 Å². The Balaban J connectivity index is 3.05. The average molecular weight is 220 g/mol. The van der Waals surface area contributed by atoms with Gasteiger partial charge < -0.3 is 5.11 Å². The van der Waals surface area contributed by atoms with E-state index in [1.54, 1.807) is 0 Å². The van der Waals surface area contributed by atoms with Crippen molar-refractivity contribution < 1.29 is 5.11 Å². The van der Waals surface area contributed by atoms with Crippen LogP contribution in [0.2, 0.25) is 0 Å². The van der Waals surface area contributed by atoms with Gasteiger partial charge in [0.1, 0.15) is 0 Å². The van der Waals surface area contributed by atoms with Gasteiger partial charge in [-0.1, -0.05) is 49.6 Å². The number of benzene rings is 1. The standard InChI is InChI=1S/C15H24O/c1-6-7-13(4)15(5,16)14-9-11(2)8-12(3)10-14/h8-10,13,16H,6-7H2,1-5H3. The summed E-state index contributed by atoms with van der Waals surface area (Å²) in [5.41, 5.74) is 2.77. The maximum absolute atomic E-state index is 10.6. The highest BCUT2D eigenvalue weighted by atomic mass is 16.3. The van der Waals surface area contributed by atoms with E-state index in [0.717, 1.165) is 18.4 Å². The fourth-order valence-corrected chi connectivity index (χ4v) is 2.27. The van der Waals surface area contributed by atoms with Crippen molar-refractivity contribution >= 4 is 0 Å². The second kappa shape index (κ2) is 5.01.